The van der Waals surface area contributed by atoms with Gasteiger partial charge in [0.1, 0.15) is 0 Å². The molecular formula is C57H40N2. The third-order valence-electron chi connectivity index (χ3n) is 12.3. The Hall–Kier alpha value is -7.42. The molecule has 278 valence electrons. The fourth-order valence-electron chi connectivity index (χ4n) is 9.26. The summed E-state index contributed by atoms with van der Waals surface area (Å²) in [7, 11) is 0. The fraction of sp³-hybridized carbons (Fsp3) is 0.0526. The van der Waals surface area contributed by atoms with Gasteiger partial charge in [0.2, 0.25) is 0 Å². The number of hydrogen-bond donors (Lipinski definition) is 0. The average Bonchev–Trinajstić information content (AvgIpc) is 3.54. The summed E-state index contributed by atoms with van der Waals surface area (Å²) in [6.07, 6.45) is 0. The van der Waals surface area contributed by atoms with E-state index in [1.165, 1.54) is 66.2 Å². The van der Waals surface area contributed by atoms with Gasteiger partial charge in [0.05, 0.1) is 11.4 Å². The summed E-state index contributed by atoms with van der Waals surface area (Å²) in [4.78, 5) is 10.5. The summed E-state index contributed by atoms with van der Waals surface area (Å²) in [6.45, 7) is 4.73. The molecule has 1 aromatic heterocycles. The summed E-state index contributed by atoms with van der Waals surface area (Å²) in [6, 6.07) is 74.3. The van der Waals surface area contributed by atoms with Gasteiger partial charge in [-0.25, -0.2) is 9.97 Å². The zero-order valence-corrected chi connectivity index (χ0v) is 33.0. The first-order valence-electron chi connectivity index (χ1n) is 20.4. The molecule has 0 fully saturated rings. The van der Waals surface area contributed by atoms with Gasteiger partial charge in [0.25, 0.3) is 0 Å². The Balaban J connectivity index is 1.01. The second-order valence-electron chi connectivity index (χ2n) is 16.2. The zero-order valence-electron chi connectivity index (χ0n) is 33.0. The molecule has 1 aliphatic rings. The van der Waals surface area contributed by atoms with Crippen molar-refractivity contribution in [1.82, 2.24) is 9.97 Å². The summed E-state index contributed by atoms with van der Waals surface area (Å²) >= 11 is 0. The van der Waals surface area contributed by atoms with E-state index in [9.17, 15) is 0 Å². The molecule has 0 saturated carbocycles. The molecule has 0 radical (unpaired) electrons. The van der Waals surface area contributed by atoms with Crippen LogP contribution < -0.4 is 0 Å². The molecule has 0 saturated heterocycles. The van der Waals surface area contributed by atoms with Gasteiger partial charge in [-0.3, -0.25) is 0 Å². The summed E-state index contributed by atoms with van der Waals surface area (Å²) < 4.78 is 0. The van der Waals surface area contributed by atoms with Crippen LogP contribution in [0.5, 0.6) is 0 Å². The molecule has 0 atom stereocenters. The van der Waals surface area contributed by atoms with Crippen LogP contribution in [0, 0.1) is 0 Å². The van der Waals surface area contributed by atoms with E-state index in [1.54, 1.807) is 0 Å². The molecule has 0 spiro atoms. The second-order valence-corrected chi connectivity index (χ2v) is 16.2. The highest BCUT2D eigenvalue weighted by Crippen LogP contribution is 2.52. The Kier molecular flexibility index (Phi) is 8.20. The summed E-state index contributed by atoms with van der Waals surface area (Å²) in [5.74, 6) is 0.706. The van der Waals surface area contributed by atoms with E-state index in [1.807, 2.05) is 6.07 Å². The number of aromatic nitrogens is 2. The van der Waals surface area contributed by atoms with Gasteiger partial charge < -0.3 is 0 Å². The highest BCUT2D eigenvalue weighted by atomic mass is 14.9. The normalized spacial score (nSPS) is 12.7. The highest BCUT2D eigenvalue weighted by Gasteiger charge is 2.36. The summed E-state index contributed by atoms with van der Waals surface area (Å²) in [5.41, 5.74) is 17.4. The van der Waals surface area contributed by atoms with Crippen molar-refractivity contribution in [3.63, 3.8) is 0 Å². The lowest BCUT2D eigenvalue weighted by Crippen LogP contribution is -2.15. The van der Waals surface area contributed by atoms with Gasteiger partial charge in [-0.1, -0.05) is 190 Å². The Bertz CT molecular complexity index is 3230. The smallest absolute Gasteiger partial charge is 0.161 e. The minimum absolute atomic E-state index is 0.0984. The predicted octanol–water partition coefficient (Wildman–Crippen LogP) is 15.1. The lowest BCUT2D eigenvalue weighted by atomic mass is 9.81. The largest absolute Gasteiger partial charge is 0.228 e. The van der Waals surface area contributed by atoms with Crippen LogP contribution in [-0.4, -0.2) is 9.97 Å². The second kappa shape index (κ2) is 13.9. The standard InChI is InChI=1S/C57H40N2/c1-57(2)51-32-28-38-17-9-10-24-46(38)55(51)50-29-27-42(35-52(50)57)41-21-13-22-43(33-41)45-30-31-49(48-26-12-11-25-47(45)48)56-58-53(39-18-7-4-8-19-39)36-54(59-56)44-23-14-20-40(34-44)37-15-5-3-6-16-37/h3-36H,1-2H3. The molecule has 9 aromatic carbocycles. The van der Waals surface area contributed by atoms with Gasteiger partial charge in [-0.2, -0.15) is 0 Å². The third kappa shape index (κ3) is 5.96. The van der Waals surface area contributed by atoms with Crippen LogP contribution in [0.1, 0.15) is 25.0 Å². The SMILES string of the molecule is CC1(C)c2cc(-c3cccc(-c4ccc(-c5nc(-c6ccccc6)cc(-c6cccc(-c7ccccc7)c6)n5)c5ccccc45)c3)ccc2-c2c1ccc1ccccc21. The van der Waals surface area contributed by atoms with Crippen molar-refractivity contribution in [2.75, 3.05) is 0 Å². The van der Waals surface area contributed by atoms with Gasteiger partial charge in [-0.05, 0) is 108 Å². The number of nitrogens with zero attached hydrogens (tertiary/aromatic N) is 2. The van der Waals surface area contributed by atoms with Crippen molar-refractivity contribution in [2.45, 2.75) is 19.3 Å². The Morgan fingerprint density at radius 2 is 0.847 bits per heavy atom. The van der Waals surface area contributed by atoms with E-state index in [0.29, 0.717) is 5.82 Å². The average molecular weight is 753 g/mol. The number of rotatable bonds is 6. The monoisotopic (exact) mass is 752 g/mol. The Morgan fingerprint density at radius 3 is 1.61 bits per heavy atom. The zero-order chi connectivity index (χ0) is 39.5. The van der Waals surface area contributed by atoms with E-state index in [2.05, 4.69) is 214 Å². The molecule has 1 heterocycles. The molecule has 2 heteroatoms. The predicted molar refractivity (Wildman–Crippen MR) is 247 cm³/mol. The van der Waals surface area contributed by atoms with Crippen molar-refractivity contribution in [2.24, 2.45) is 0 Å². The van der Waals surface area contributed by atoms with Crippen LogP contribution in [0.25, 0.3) is 100.0 Å². The molecule has 0 bridgehead atoms. The fourth-order valence-corrected chi connectivity index (χ4v) is 9.26. The molecule has 11 rings (SSSR count). The third-order valence-corrected chi connectivity index (χ3v) is 12.3. The van der Waals surface area contributed by atoms with Crippen molar-refractivity contribution in [1.29, 1.82) is 0 Å². The molecule has 1 aliphatic carbocycles. The highest BCUT2D eigenvalue weighted by molar-refractivity contribution is 6.05. The first-order valence-corrected chi connectivity index (χ1v) is 20.4. The molecule has 59 heavy (non-hydrogen) atoms. The van der Waals surface area contributed by atoms with E-state index in [0.717, 1.165) is 39.0 Å². The molecule has 0 unspecified atom stereocenters. The maximum atomic E-state index is 5.30. The van der Waals surface area contributed by atoms with Crippen LogP contribution in [0.2, 0.25) is 0 Å². The van der Waals surface area contributed by atoms with E-state index < -0.39 is 0 Å². The van der Waals surface area contributed by atoms with Gasteiger partial charge in [0, 0.05) is 22.1 Å². The van der Waals surface area contributed by atoms with Crippen molar-refractivity contribution in [3.8, 4) is 78.4 Å². The van der Waals surface area contributed by atoms with Crippen LogP contribution in [0.4, 0.5) is 0 Å². The quantitative estimate of drug-likeness (QED) is 0.169. The number of fused-ring (bicyclic) bond motifs is 6. The van der Waals surface area contributed by atoms with E-state index in [4.69, 9.17) is 9.97 Å². The first kappa shape index (κ1) is 34.8. The molecule has 0 aliphatic heterocycles. The van der Waals surface area contributed by atoms with Gasteiger partial charge in [0.15, 0.2) is 5.82 Å². The lowest BCUT2D eigenvalue weighted by Gasteiger charge is -2.22. The molecule has 0 amide bonds. The molecule has 0 N–H and O–H groups in total. The van der Waals surface area contributed by atoms with Gasteiger partial charge >= 0.3 is 0 Å². The lowest BCUT2D eigenvalue weighted by molar-refractivity contribution is 0.661. The van der Waals surface area contributed by atoms with Crippen molar-refractivity contribution < 1.29 is 0 Å². The van der Waals surface area contributed by atoms with E-state index in [-0.39, 0.29) is 5.41 Å². The van der Waals surface area contributed by atoms with Crippen molar-refractivity contribution >= 4 is 21.5 Å². The first-order chi connectivity index (χ1) is 29.0. The Morgan fingerprint density at radius 1 is 0.322 bits per heavy atom. The van der Waals surface area contributed by atoms with Crippen LogP contribution in [-0.2, 0) is 5.41 Å². The number of hydrogen-bond acceptors (Lipinski definition) is 2. The van der Waals surface area contributed by atoms with E-state index >= 15 is 0 Å². The van der Waals surface area contributed by atoms with Crippen LogP contribution in [0.3, 0.4) is 0 Å². The maximum absolute atomic E-state index is 5.30. The minimum Gasteiger partial charge on any atom is -0.228 e. The number of benzene rings is 9. The molecule has 10 aromatic rings. The molecule has 2 nitrogen and oxygen atoms in total. The Labute approximate surface area is 345 Å². The van der Waals surface area contributed by atoms with Crippen LogP contribution in [0.15, 0.2) is 206 Å². The molecular weight excluding hydrogens is 713 g/mol. The summed E-state index contributed by atoms with van der Waals surface area (Å²) in [5, 5.41) is 4.90. The van der Waals surface area contributed by atoms with Crippen LogP contribution >= 0.6 is 0 Å². The van der Waals surface area contributed by atoms with Gasteiger partial charge in [-0.15, -0.1) is 0 Å². The maximum Gasteiger partial charge on any atom is 0.161 e. The van der Waals surface area contributed by atoms with Crippen molar-refractivity contribution in [3.05, 3.63) is 217 Å². The topological polar surface area (TPSA) is 25.8 Å². The minimum atomic E-state index is -0.0984.